The Morgan fingerprint density at radius 1 is 0.919 bits per heavy atom. The van der Waals surface area contributed by atoms with E-state index in [1.807, 2.05) is 30.5 Å². The van der Waals surface area contributed by atoms with Gasteiger partial charge in [0.15, 0.2) is 0 Å². The van der Waals surface area contributed by atoms with Gasteiger partial charge in [-0.25, -0.2) is 9.97 Å². The SMILES string of the molecule is NC(=O)c1cnc(N2CC3C(C2)C3N(Cc2ccc3ccccc3c2)C(=O)CCc2cccnc2)nc1. The third-order valence-corrected chi connectivity index (χ3v) is 7.55. The van der Waals surface area contributed by atoms with Crippen molar-refractivity contribution in [3.8, 4) is 0 Å². The zero-order valence-electron chi connectivity index (χ0n) is 20.4. The molecule has 37 heavy (non-hydrogen) atoms. The minimum absolute atomic E-state index is 0.171. The van der Waals surface area contributed by atoms with Crippen LogP contribution in [0.25, 0.3) is 10.8 Å². The molecule has 8 nitrogen and oxygen atoms in total. The molecule has 1 aliphatic heterocycles. The number of pyridine rings is 1. The summed E-state index contributed by atoms with van der Waals surface area (Å²) in [5.74, 6) is 0.986. The first-order valence-corrected chi connectivity index (χ1v) is 12.6. The summed E-state index contributed by atoms with van der Waals surface area (Å²) >= 11 is 0. The largest absolute Gasteiger partial charge is 0.366 e. The summed E-state index contributed by atoms with van der Waals surface area (Å²) in [6, 6.07) is 18.9. The maximum atomic E-state index is 13.6. The van der Waals surface area contributed by atoms with Crippen LogP contribution in [-0.4, -0.2) is 50.8 Å². The van der Waals surface area contributed by atoms with Gasteiger partial charge in [-0.15, -0.1) is 0 Å². The number of nitrogens with zero attached hydrogens (tertiary/aromatic N) is 5. The average Bonchev–Trinajstić information content (AvgIpc) is 3.41. The second kappa shape index (κ2) is 9.61. The van der Waals surface area contributed by atoms with E-state index in [2.05, 4.69) is 55.1 Å². The molecule has 4 aromatic rings. The third kappa shape index (κ3) is 4.74. The number of hydrogen-bond donors (Lipinski definition) is 1. The number of nitrogens with two attached hydrogens (primary N) is 1. The third-order valence-electron chi connectivity index (χ3n) is 7.55. The van der Waals surface area contributed by atoms with Crippen LogP contribution in [0.4, 0.5) is 5.95 Å². The fourth-order valence-corrected chi connectivity index (χ4v) is 5.57. The topological polar surface area (TPSA) is 105 Å². The minimum Gasteiger partial charge on any atom is -0.366 e. The van der Waals surface area contributed by atoms with E-state index in [9.17, 15) is 9.59 Å². The van der Waals surface area contributed by atoms with Crippen LogP contribution in [0.5, 0.6) is 0 Å². The molecular formula is C29H28N6O2. The lowest BCUT2D eigenvalue weighted by Crippen LogP contribution is -2.39. The van der Waals surface area contributed by atoms with Gasteiger partial charge in [0, 0.05) is 68.7 Å². The molecule has 3 heterocycles. The Morgan fingerprint density at radius 3 is 2.38 bits per heavy atom. The number of benzene rings is 2. The molecular weight excluding hydrogens is 464 g/mol. The molecule has 2 aromatic heterocycles. The van der Waals surface area contributed by atoms with Crippen LogP contribution in [0.2, 0.25) is 0 Å². The molecule has 2 aromatic carbocycles. The Kier molecular flexibility index (Phi) is 6.00. The lowest BCUT2D eigenvalue weighted by molar-refractivity contribution is -0.132. The normalized spacial score (nSPS) is 20.0. The molecule has 2 amide bonds. The number of carbonyl (C=O) groups excluding carboxylic acids is 2. The fraction of sp³-hybridized carbons (Fsp3) is 0.276. The van der Waals surface area contributed by atoms with Gasteiger partial charge in [-0.2, -0.15) is 0 Å². The van der Waals surface area contributed by atoms with Gasteiger partial charge in [-0.1, -0.05) is 42.5 Å². The molecule has 0 radical (unpaired) electrons. The highest BCUT2D eigenvalue weighted by atomic mass is 16.2. The zero-order valence-corrected chi connectivity index (χ0v) is 20.4. The van der Waals surface area contributed by atoms with E-state index in [0.717, 1.165) is 24.2 Å². The highest BCUT2D eigenvalue weighted by Crippen LogP contribution is 2.50. The lowest BCUT2D eigenvalue weighted by atomic mass is 10.1. The van der Waals surface area contributed by atoms with Gasteiger partial charge >= 0.3 is 0 Å². The predicted molar refractivity (Wildman–Crippen MR) is 141 cm³/mol. The lowest BCUT2D eigenvalue weighted by Gasteiger charge is -2.28. The number of carbonyl (C=O) groups is 2. The van der Waals surface area contributed by atoms with E-state index < -0.39 is 5.91 Å². The van der Waals surface area contributed by atoms with Crippen LogP contribution >= 0.6 is 0 Å². The fourth-order valence-electron chi connectivity index (χ4n) is 5.57. The molecule has 2 N–H and O–H groups in total. The number of primary amides is 1. The van der Waals surface area contributed by atoms with E-state index in [1.54, 1.807) is 6.20 Å². The number of aryl methyl sites for hydroxylation is 1. The molecule has 186 valence electrons. The molecule has 2 fully saturated rings. The van der Waals surface area contributed by atoms with Crippen molar-refractivity contribution in [3.05, 3.63) is 96.1 Å². The van der Waals surface area contributed by atoms with Crippen molar-refractivity contribution in [1.29, 1.82) is 0 Å². The minimum atomic E-state index is -0.537. The van der Waals surface area contributed by atoms with E-state index in [4.69, 9.17) is 5.73 Å². The van der Waals surface area contributed by atoms with Crippen molar-refractivity contribution >= 4 is 28.5 Å². The van der Waals surface area contributed by atoms with Crippen LogP contribution in [0.1, 0.15) is 27.9 Å². The Balaban J connectivity index is 1.18. The number of hydrogen-bond acceptors (Lipinski definition) is 6. The molecule has 8 heteroatoms. The summed E-state index contributed by atoms with van der Waals surface area (Å²) in [5.41, 5.74) is 7.82. The van der Waals surface area contributed by atoms with Crippen molar-refractivity contribution in [2.75, 3.05) is 18.0 Å². The smallest absolute Gasteiger partial charge is 0.251 e. The number of fused-ring (bicyclic) bond motifs is 2. The molecule has 2 aliphatic rings. The summed E-state index contributed by atoms with van der Waals surface area (Å²) in [5, 5.41) is 2.38. The zero-order chi connectivity index (χ0) is 25.4. The Hall–Kier alpha value is -4.33. The number of amides is 2. The summed E-state index contributed by atoms with van der Waals surface area (Å²) in [4.78, 5) is 42.0. The molecule has 1 saturated heterocycles. The van der Waals surface area contributed by atoms with Gasteiger partial charge in [0.25, 0.3) is 5.91 Å². The molecule has 2 atom stereocenters. The van der Waals surface area contributed by atoms with E-state index in [1.165, 1.54) is 23.2 Å². The first kappa shape index (κ1) is 23.1. The number of anilines is 1. The second-order valence-corrected chi connectivity index (χ2v) is 9.92. The first-order chi connectivity index (χ1) is 18.1. The average molecular weight is 493 g/mol. The van der Waals surface area contributed by atoms with E-state index >= 15 is 0 Å². The summed E-state index contributed by atoms with van der Waals surface area (Å²) in [6.07, 6.45) is 7.65. The maximum absolute atomic E-state index is 13.6. The van der Waals surface area contributed by atoms with Gasteiger partial charge in [0.2, 0.25) is 11.9 Å². The summed E-state index contributed by atoms with van der Waals surface area (Å²) < 4.78 is 0. The van der Waals surface area contributed by atoms with Crippen LogP contribution < -0.4 is 10.6 Å². The molecule has 0 spiro atoms. The van der Waals surface area contributed by atoms with Gasteiger partial charge in [0.05, 0.1) is 5.56 Å². The highest BCUT2D eigenvalue weighted by Gasteiger charge is 2.59. The Labute approximate surface area is 215 Å². The molecule has 0 bridgehead atoms. The van der Waals surface area contributed by atoms with Crippen molar-refractivity contribution in [1.82, 2.24) is 19.9 Å². The van der Waals surface area contributed by atoms with Crippen molar-refractivity contribution in [2.24, 2.45) is 17.6 Å². The summed E-state index contributed by atoms with van der Waals surface area (Å²) in [7, 11) is 0. The second-order valence-electron chi connectivity index (χ2n) is 9.92. The van der Waals surface area contributed by atoms with Crippen LogP contribution in [-0.2, 0) is 17.8 Å². The standard InChI is InChI=1S/C29H28N6O2/c30-28(37)23-14-32-29(33-15-23)34-17-24-25(18-34)27(24)35(26(36)10-8-19-4-3-11-31-13-19)16-20-7-9-21-5-1-2-6-22(21)12-20/h1-7,9,11-15,24-25,27H,8,10,16-18H2,(H2,30,37). The molecule has 1 aliphatic carbocycles. The van der Waals surface area contributed by atoms with E-state index in [0.29, 0.717) is 42.7 Å². The van der Waals surface area contributed by atoms with Crippen LogP contribution in [0, 0.1) is 11.8 Å². The van der Waals surface area contributed by atoms with Crippen LogP contribution in [0.15, 0.2) is 79.4 Å². The van der Waals surface area contributed by atoms with Crippen molar-refractivity contribution < 1.29 is 9.59 Å². The number of rotatable bonds is 8. The van der Waals surface area contributed by atoms with E-state index in [-0.39, 0.29) is 11.9 Å². The maximum Gasteiger partial charge on any atom is 0.251 e. The first-order valence-electron chi connectivity index (χ1n) is 12.6. The van der Waals surface area contributed by atoms with Crippen molar-refractivity contribution in [2.45, 2.75) is 25.4 Å². The van der Waals surface area contributed by atoms with Crippen LogP contribution in [0.3, 0.4) is 0 Å². The predicted octanol–water partition coefficient (Wildman–Crippen LogP) is 3.22. The van der Waals surface area contributed by atoms with Crippen molar-refractivity contribution in [3.63, 3.8) is 0 Å². The number of piperidine rings is 1. The quantitative estimate of drug-likeness (QED) is 0.405. The van der Waals surface area contributed by atoms with Gasteiger partial charge in [0.1, 0.15) is 0 Å². The summed E-state index contributed by atoms with van der Waals surface area (Å²) in [6.45, 7) is 2.17. The molecule has 6 rings (SSSR count). The van der Waals surface area contributed by atoms with Gasteiger partial charge < -0.3 is 15.5 Å². The van der Waals surface area contributed by atoms with Gasteiger partial charge in [-0.05, 0) is 40.5 Å². The van der Waals surface area contributed by atoms with Gasteiger partial charge in [-0.3, -0.25) is 14.6 Å². The molecule has 1 saturated carbocycles. The molecule has 2 unspecified atom stereocenters. The highest BCUT2D eigenvalue weighted by molar-refractivity contribution is 5.92. The Morgan fingerprint density at radius 2 is 1.68 bits per heavy atom. The number of aromatic nitrogens is 3. The monoisotopic (exact) mass is 492 g/mol. The Bertz CT molecular complexity index is 1430.